The third kappa shape index (κ3) is 3.73. The van der Waals surface area contributed by atoms with Crippen LogP contribution in [0.3, 0.4) is 0 Å². The number of aliphatic carboxylic acids is 1. The molecular formula is C14H19NO3S. The third-order valence-corrected chi connectivity index (χ3v) is 3.75. The molecule has 2 N–H and O–H groups in total. The average molecular weight is 281 g/mol. The van der Waals surface area contributed by atoms with Crippen LogP contribution in [0.1, 0.15) is 18.9 Å². The maximum absolute atomic E-state index is 11.7. The van der Waals surface area contributed by atoms with Gasteiger partial charge in [-0.3, -0.25) is 9.59 Å². The molecule has 104 valence electrons. The summed E-state index contributed by atoms with van der Waals surface area (Å²) in [7, 11) is 0. The molecule has 0 bridgehead atoms. The Morgan fingerprint density at radius 3 is 2.42 bits per heavy atom. The van der Waals surface area contributed by atoms with Gasteiger partial charge in [0.2, 0.25) is 5.91 Å². The SMILES string of the molecule is CCC(CNC(=O)CSC)(C(=O)O)c1ccccc1. The van der Waals surface area contributed by atoms with E-state index in [4.69, 9.17) is 0 Å². The third-order valence-electron chi connectivity index (χ3n) is 3.20. The molecule has 0 spiro atoms. The van der Waals surface area contributed by atoms with Crippen LogP contribution in [0.25, 0.3) is 0 Å². The van der Waals surface area contributed by atoms with E-state index in [0.717, 1.165) is 5.56 Å². The van der Waals surface area contributed by atoms with E-state index >= 15 is 0 Å². The van der Waals surface area contributed by atoms with Gasteiger partial charge < -0.3 is 10.4 Å². The van der Waals surface area contributed by atoms with E-state index in [9.17, 15) is 14.7 Å². The van der Waals surface area contributed by atoms with E-state index in [1.54, 1.807) is 12.1 Å². The minimum absolute atomic E-state index is 0.113. The number of carbonyl (C=O) groups excluding carboxylic acids is 1. The molecule has 1 aromatic rings. The molecule has 0 aliphatic heterocycles. The predicted molar refractivity (Wildman–Crippen MR) is 77.4 cm³/mol. The van der Waals surface area contributed by atoms with Gasteiger partial charge in [0.1, 0.15) is 5.41 Å². The quantitative estimate of drug-likeness (QED) is 0.801. The highest BCUT2D eigenvalue weighted by molar-refractivity contribution is 7.99. The Morgan fingerprint density at radius 1 is 1.32 bits per heavy atom. The fourth-order valence-electron chi connectivity index (χ4n) is 1.97. The molecule has 0 saturated heterocycles. The lowest BCUT2D eigenvalue weighted by Crippen LogP contribution is -2.46. The number of nitrogens with one attached hydrogen (secondary N) is 1. The van der Waals surface area contributed by atoms with Gasteiger partial charge in [-0.05, 0) is 18.2 Å². The van der Waals surface area contributed by atoms with E-state index in [0.29, 0.717) is 12.2 Å². The van der Waals surface area contributed by atoms with E-state index in [2.05, 4.69) is 5.32 Å². The highest BCUT2D eigenvalue weighted by Gasteiger charge is 2.38. The Bertz CT molecular complexity index is 436. The van der Waals surface area contributed by atoms with Crippen molar-refractivity contribution in [2.75, 3.05) is 18.6 Å². The van der Waals surface area contributed by atoms with Gasteiger partial charge in [-0.2, -0.15) is 11.8 Å². The molecule has 0 radical (unpaired) electrons. The smallest absolute Gasteiger partial charge is 0.315 e. The zero-order valence-corrected chi connectivity index (χ0v) is 12.0. The van der Waals surface area contributed by atoms with Gasteiger partial charge in [-0.25, -0.2) is 0 Å². The van der Waals surface area contributed by atoms with Gasteiger partial charge in [0, 0.05) is 6.54 Å². The minimum atomic E-state index is -1.06. The maximum atomic E-state index is 11.7. The lowest BCUT2D eigenvalue weighted by Gasteiger charge is -2.29. The summed E-state index contributed by atoms with van der Waals surface area (Å²) < 4.78 is 0. The minimum Gasteiger partial charge on any atom is -0.481 e. The fraction of sp³-hybridized carbons (Fsp3) is 0.429. The van der Waals surface area contributed by atoms with Crippen molar-refractivity contribution in [2.45, 2.75) is 18.8 Å². The maximum Gasteiger partial charge on any atom is 0.315 e. The van der Waals surface area contributed by atoms with Crippen molar-refractivity contribution in [2.24, 2.45) is 0 Å². The average Bonchev–Trinajstić information content (AvgIpc) is 2.41. The van der Waals surface area contributed by atoms with E-state index in [1.807, 2.05) is 31.4 Å². The molecule has 1 amide bonds. The van der Waals surface area contributed by atoms with Gasteiger partial charge in [0.25, 0.3) is 0 Å². The summed E-state index contributed by atoms with van der Waals surface area (Å²) in [5.41, 5.74) is -0.343. The number of thioether (sulfide) groups is 1. The Kier molecular flexibility index (Phi) is 5.89. The summed E-state index contributed by atoms with van der Waals surface area (Å²) in [6, 6.07) is 9.05. The molecule has 5 heteroatoms. The molecule has 1 rings (SSSR count). The second kappa shape index (κ2) is 7.19. The summed E-state index contributed by atoms with van der Waals surface area (Å²) in [5.74, 6) is -0.707. The molecule has 1 atom stereocenters. The Morgan fingerprint density at radius 2 is 1.95 bits per heavy atom. The van der Waals surface area contributed by atoms with Gasteiger partial charge in [-0.15, -0.1) is 0 Å². The number of hydrogen-bond acceptors (Lipinski definition) is 3. The number of carbonyl (C=O) groups is 2. The first-order valence-corrected chi connectivity index (χ1v) is 7.50. The van der Waals surface area contributed by atoms with Crippen LogP contribution >= 0.6 is 11.8 Å². The van der Waals surface area contributed by atoms with Gasteiger partial charge in [-0.1, -0.05) is 37.3 Å². The predicted octanol–water partition coefficient (Wildman–Crippen LogP) is 1.90. The number of hydrogen-bond donors (Lipinski definition) is 2. The van der Waals surface area contributed by atoms with Crippen molar-refractivity contribution in [3.05, 3.63) is 35.9 Å². The summed E-state index contributed by atoms with van der Waals surface area (Å²) in [6.07, 6.45) is 2.26. The van der Waals surface area contributed by atoms with Gasteiger partial charge >= 0.3 is 5.97 Å². The number of rotatable bonds is 7. The largest absolute Gasteiger partial charge is 0.481 e. The van der Waals surface area contributed by atoms with Crippen LogP contribution in [0.4, 0.5) is 0 Å². The molecule has 0 fully saturated rings. The first-order valence-electron chi connectivity index (χ1n) is 6.11. The van der Waals surface area contributed by atoms with E-state index in [-0.39, 0.29) is 12.5 Å². The highest BCUT2D eigenvalue weighted by Crippen LogP contribution is 2.27. The number of carboxylic acids is 1. The van der Waals surface area contributed by atoms with Crippen LogP contribution in [0, 0.1) is 0 Å². The van der Waals surface area contributed by atoms with E-state index in [1.165, 1.54) is 11.8 Å². The zero-order valence-electron chi connectivity index (χ0n) is 11.2. The van der Waals surface area contributed by atoms with Crippen LogP contribution in [-0.4, -0.2) is 35.5 Å². The summed E-state index contributed by atoms with van der Waals surface area (Å²) in [5, 5.41) is 12.3. The summed E-state index contributed by atoms with van der Waals surface area (Å²) in [4.78, 5) is 23.2. The Hall–Kier alpha value is -1.49. The zero-order chi connectivity index (χ0) is 14.3. The lowest BCUT2D eigenvalue weighted by atomic mass is 9.78. The molecule has 0 saturated carbocycles. The standard InChI is InChI=1S/C14H19NO3S/c1-3-14(13(17)18,10-15-12(16)9-19-2)11-7-5-4-6-8-11/h4-8H,3,9-10H2,1-2H3,(H,15,16)(H,17,18). The van der Waals surface area contributed by atoms with Crippen molar-refractivity contribution >= 4 is 23.6 Å². The Balaban J connectivity index is 2.94. The lowest BCUT2D eigenvalue weighted by molar-refractivity contribution is -0.144. The molecular weight excluding hydrogens is 262 g/mol. The summed E-state index contributed by atoms with van der Waals surface area (Å²) >= 11 is 1.41. The molecule has 0 heterocycles. The van der Waals surface area contributed by atoms with E-state index < -0.39 is 11.4 Å². The van der Waals surface area contributed by atoms with Gasteiger partial charge in [0.15, 0.2) is 0 Å². The van der Waals surface area contributed by atoms with Crippen molar-refractivity contribution in [1.29, 1.82) is 0 Å². The summed E-state index contributed by atoms with van der Waals surface area (Å²) in [6.45, 7) is 1.93. The number of amides is 1. The van der Waals surface area contributed by atoms with Gasteiger partial charge in [0.05, 0.1) is 5.75 Å². The molecule has 0 aromatic heterocycles. The monoisotopic (exact) mass is 281 g/mol. The molecule has 4 nitrogen and oxygen atoms in total. The topological polar surface area (TPSA) is 66.4 Å². The molecule has 0 aliphatic carbocycles. The highest BCUT2D eigenvalue weighted by atomic mass is 32.2. The Labute approximate surface area is 117 Å². The number of benzene rings is 1. The van der Waals surface area contributed by atoms with Crippen molar-refractivity contribution in [3.63, 3.8) is 0 Å². The van der Waals surface area contributed by atoms with Crippen LogP contribution in [0.5, 0.6) is 0 Å². The van der Waals surface area contributed by atoms with Crippen LogP contribution in [0.2, 0.25) is 0 Å². The van der Waals surface area contributed by atoms with Crippen LogP contribution in [-0.2, 0) is 15.0 Å². The van der Waals surface area contributed by atoms with Crippen LogP contribution < -0.4 is 5.32 Å². The molecule has 19 heavy (non-hydrogen) atoms. The normalized spacial score (nSPS) is 13.6. The first kappa shape index (κ1) is 15.6. The fourth-order valence-corrected chi connectivity index (χ4v) is 2.33. The number of carboxylic acid groups (broad SMARTS) is 1. The first-order chi connectivity index (χ1) is 9.06. The molecule has 1 unspecified atom stereocenters. The second-order valence-electron chi connectivity index (χ2n) is 4.32. The second-order valence-corrected chi connectivity index (χ2v) is 5.18. The molecule has 0 aliphatic rings. The van der Waals surface area contributed by atoms with Crippen molar-refractivity contribution < 1.29 is 14.7 Å². The molecule has 1 aromatic carbocycles. The van der Waals surface area contributed by atoms with Crippen molar-refractivity contribution in [1.82, 2.24) is 5.32 Å². The van der Waals surface area contributed by atoms with Crippen LogP contribution in [0.15, 0.2) is 30.3 Å². The van der Waals surface area contributed by atoms with Crippen molar-refractivity contribution in [3.8, 4) is 0 Å².